The van der Waals surface area contributed by atoms with Gasteiger partial charge in [-0.1, -0.05) is 0 Å². The van der Waals surface area contributed by atoms with Gasteiger partial charge < -0.3 is 10.2 Å². The summed E-state index contributed by atoms with van der Waals surface area (Å²) >= 11 is 0. The molecular weight excluding hydrogens is 366 g/mol. The molecule has 148 valence electrons. The van der Waals surface area contributed by atoms with Crippen molar-refractivity contribution in [2.75, 3.05) is 18.6 Å². The SMILES string of the molecule is CN(C(=O)C1CCC(C(=O)NCc2ccncc2)CC1)C1CCS(=O)(=O)C1. The molecule has 0 radical (unpaired) electrons. The molecule has 27 heavy (non-hydrogen) atoms. The summed E-state index contributed by atoms with van der Waals surface area (Å²) in [5, 5.41) is 2.96. The first-order chi connectivity index (χ1) is 12.9. The van der Waals surface area contributed by atoms with Crippen LogP contribution in [-0.4, -0.2) is 54.7 Å². The van der Waals surface area contributed by atoms with Gasteiger partial charge in [-0.15, -0.1) is 0 Å². The monoisotopic (exact) mass is 393 g/mol. The number of carbonyl (C=O) groups is 2. The molecule has 1 aromatic heterocycles. The molecule has 2 fully saturated rings. The van der Waals surface area contributed by atoms with E-state index in [2.05, 4.69) is 10.3 Å². The summed E-state index contributed by atoms with van der Waals surface area (Å²) in [5.41, 5.74) is 1.01. The predicted octanol–water partition coefficient (Wildman–Crippen LogP) is 1.15. The number of nitrogens with one attached hydrogen (secondary N) is 1. The predicted molar refractivity (Wildman–Crippen MR) is 101 cm³/mol. The average Bonchev–Trinajstić information content (AvgIpc) is 3.05. The Morgan fingerprint density at radius 3 is 2.33 bits per heavy atom. The molecule has 8 heteroatoms. The molecule has 1 aliphatic heterocycles. The van der Waals surface area contributed by atoms with Crippen molar-refractivity contribution in [1.29, 1.82) is 0 Å². The van der Waals surface area contributed by atoms with Crippen molar-refractivity contribution in [3.63, 3.8) is 0 Å². The molecule has 1 atom stereocenters. The summed E-state index contributed by atoms with van der Waals surface area (Å²) in [6.45, 7) is 0.485. The first-order valence-electron chi connectivity index (χ1n) is 9.49. The van der Waals surface area contributed by atoms with Crippen LogP contribution in [0.5, 0.6) is 0 Å². The molecule has 2 aliphatic rings. The standard InChI is InChI=1S/C19H27N3O4S/c1-22(17-8-11-27(25,26)13-17)19(24)16-4-2-15(3-5-16)18(23)21-12-14-6-9-20-10-7-14/h6-7,9-10,15-17H,2-5,8,11-13H2,1H3,(H,21,23). The van der Waals surface area contributed by atoms with E-state index in [1.807, 2.05) is 12.1 Å². The third kappa shape index (κ3) is 5.06. The Morgan fingerprint density at radius 2 is 1.74 bits per heavy atom. The van der Waals surface area contributed by atoms with Crippen molar-refractivity contribution in [2.24, 2.45) is 11.8 Å². The van der Waals surface area contributed by atoms with E-state index in [0.29, 0.717) is 38.6 Å². The van der Waals surface area contributed by atoms with E-state index in [9.17, 15) is 18.0 Å². The number of nitrogens with zero attached hydrogens (tertiary/aromatic N) is 2. The fourth-order valence-corrected chi connectivity index (χ4v) is 5.76. The van der Waals surface area contributed by atoms with Gasteiger partial charge in [-0.05, 0) is 49.8 Å². The molecular formula is C19H27N3O4S. The third-order valence-corrected chi connectivity index (χ3v) is 7.52. The van der Waals surface area contributed by atoms with Crippen molar-refractivity contribution in [3.8, 4) is 0 Å². The summed E-state index contributed by atoms with van der Waals surface area (Å²) in [6, 6.07) is 3.54. The van der Waals surface area contributed by atoms with Gasteiger partial charge in [0.05, 0.1) is 11.5 Å². The summed E-state index contributed by atoms with van der Waals surface area (Å²) in [5.74, 6) is 0.123. The minimum Gasteiger partial charge on any atom is -0.352 e. The number of carbonyl (C=O) groups excluding carboxylic acids is 2. The van der Waals surface area contributed by atoms with Gasteiger partial charge in [0.1, 0.15) is 0 Å². The molecule has 2 heterocycles. The molecule has 1 saturated carbocycles. The van der Waals surface area contributed by atoms with E-state index in [4.69, 9.17) is 0 Å². The number of pyridine rings is 1. The largest absolute Gasteiger partial charge is 0.352 e. The lowest BCUT2D eigenvalue weighted by molar-refractivity contribution is -0.138. The number of amides is 2. The van der Waals surface area contributed by atoms with Gasteiger partial charge in [-0.2, -0.15) is 0 Å². The molecule has 2 amide bonds. The first kappa shape index (κ1) is 19.8. The number of hydrogen-bond donors (Lipinski definition) is 1. The third-order valence-electron chi connectivity index (χ3n) is 5.77. The normalized spacial score (nSPS) is 27.1. The van der Waals surface area contributed by atoms with E-state index >= 15 is 0 Å². The number of rotatable bonds is 5. The van der Waals surface area contributed by atoms with Crippen LogP contribution >= 0.6 is 0 Å². The first-order valence-corrected chi connectivity index (χ1v) is 11.3. The van der Waals surface area contributed by atoms with Crippen LogP contribution in [0.2, 0.25) is 0 Å². The molecule has 0 aromatic carbocycles. The quantitative estimate of drug-likeness (QED) is 0.809. The van der Waals surface area contributed by atoms with E-state index in [0.717, 1.165) is 5.56 Å². The Hall–Kier alpha value is -1.96. The van der Waals surface area contributed by atoms with Crippen molar-refractivity contribution in [1.82, 2.24) is 15.2 Å². The van der Waals surface area contributed by atoms with Crippen molar-refractivity contribution < 1.29 is 18.0 Å². The lowest BCUT2D eigenvalue weighted by Crippen LogP contribution is -2.43. The maximum atomic E-state index is 12.7. The topological polar surface area (TPSA) is 96.4 Å². The summed E-state index contributed by atoms with van der Waals surface area (Å²) in [7, 11) is -1.30. The Kier molecular flexibility index (Phi) is 6.14. The molecule has 1 unspecified atom stereocenters. The van der Waals surface area contributed by atoms with Gasteiger partial charge in [0.25, 0.3) is 0 Å². The smallest absolute Gasteiger partial charge is 0.225 e. The molecule has 1 aliphatic carbocycles. The lowest BCUT2D eigenvalue weighted by atomic mass is 9.80. The van der Waals surface area contributed by atoms with Gasteiger partial charge in [0.2, 0.25) is 11.8 Å². The van der Waals surface area contributed by atoms with Gasteiger partial charge in [0.15, 0.2) is 9.84 Å². The molecule has 1 saturated heterocycles. The summed E-state index contributed by atoms with van der Waals surface area (Å²) in [6.07, 6.45) is 6.66. The number of aromatic nitrogens is 1. The number of sulfone groups is 1. The maximum Gasteiger partial charge on any atom is 0.225 e. The van der Waals surface area contributed by atoms with Crippen LogP contribution in [-0.2, 0) is 26.0 Å². The number of hydrogen-bond acceptors (Lipinski definition) is 5. The molecule has 1 N–H and O–H groups in total. The highest BCUT2D eigenvalue weighted by atomic mass is 32.2. The van der Waals surface area contributed by atoms with E-state index in [-0.39, 0.29) is 41.2 Å². The fourth-order valence-electron chi connectivity index (χ4n) is 3.99. The van der Waals surface area contributed by atoms with Crippen molar-refractivity contribution in [3.05, 3.63) is 30.1 Å². The Labute approximate surface area is 160 Å². The minimum atomic E-state index is -3.00. The highest BCUT2D eigenvalue weighted by Gasteiger charge is 2.37. The van der Waals surface area contributed by atoms with Crippen LogP contribution in [0, 0.1) is 11.8 Å². The minimum absolute atomic E-state index is 0.0211. The van der Waals surface area contributed by atoms with Crippen LogP contribution in [0.4, 0.5) is 0 Å². The molecule has 0 spiro atoms. The van der Waals surface area contributed by atoms with Crippen LogP contribution in [0.25, 0.3) is 0 Å². The summed E-state index contributed by atoms with van der Waals surface area (Å²) in [4.78, 5) is 30.7. The summed E-state index contributed by atoms with van der Waals surface area (Å²) < 4.78 is 23.3. The van der Waals surface area contributed by atoms with Gasteiger partial charge in [0, 0.05) is 43.9 Å². The van der Waals surface area contributed by atoms with Crippen LogP contribution in [0.1, 0.15) is 37.7 Å². The zero-order valence-corrected chi connectivity index (χ0v) is 16.5. The van der Waals surface area contributed by atoms with Crippen molar-refractivity contribution in [2.45, 2.75) is 44.7 Å². The Morgan fingerprint density at radius 1 is 1.11 bits per heavy atom. The van der Waals surface area contributed by atoms with Gasteiger partial charge >= 0.3 is 0 Å². The van der Waals surface area contributed by atoms with E-state index in [1.165, 1.54) is 0 Å². The molecule has 3 rings (SSSR count). The average molecular weight is 394 g/mol. The zero-order chi connectivity index (χ0) is 19.4. The van der Waals surface area contributed by atoms with E-state index < -0.39 is 9.84 Å². The zero-order valence-electron chi connectivity index (χ0n) is 15.6. The lowest BCUT2D eigenvalue weighted by Gasteiger charge is -2.32. The van der Waals surface area contributed by atoms with Gasteiger partial charge in [-0.3, -0.25) is 14.6 Å². The van der Waals surface area contributed by atoms with Crippen LogP contribution in [0.15, 0.2) is 24.5 Å². The van der Waals surface area contributed by atoms with Crippen LogP contribution in [0.3, 0.4) is 0 Å². The fraction of sp³-hybridized carbons (Fsp3) is 0.632. The Balaban J connectivity index is 1.45. The van der Waals surface area contributed by atoms with Gasteiger partial charge in [-0.25, -0.2) is 8.42 Å². The maximum absolute atomic E-state index is 12.7. The Bertz CT molecular complexity index is 773. The second kappa shape index (κ2) is 8.37. The highest BCUT2D eigenvalue weighted by Crippen LogP contribution is 2.31. The molecule has 1 aromatic rings. The van der Waals surface area contributed by atoms with E-state index in [1.54, 1.807) is 24.3 Å². The van der Waals surface area contributed by atoms with Crippen LogP contribution < -0.4 is 5.32 Å². The molecule has 0 bridgehead atoms. The highest BCUT2D eigenvalue weighted by molar-refractivity contribution is 7.91. The molecule has 7 nitrogen and oxygen atoms in total. The second-order valence-corrected chi connectivity index (χ2v) is 9.86. The van der Waals surface area contributed by atoms with Crippen molar-refractivity contribution >= 4 is 21.7 Å². The second-order valence-electron chi connectivity index (χ2n) is 7.63.